The van der Waals surface area contributed by atoms with Gasteiger partial charge in [-0.25, -0.2) is 0 Å². The van der Waals surface area contributed by atoms with Gasteiger partial charge >= 0.3 is 0 Å². The second kappa shape index (κ2) is 9.77. The first-order valence-electron chi connectivity index (χ1n) is 8.01. The van der Waals surface area contributed by atoms with Gasteiger partial charge < -0.3 is 14.8 Å². The Bertz CT molecular complexity index is 372. The zero-order chi connectivity index (χ0) is 14.8. The molecule has 1 heterocycles. The second-order valence-electron chi connectivity index (χ2n) is 5.54. The van der Waals surface area contributed by atoms with Gasteiger partial charge in [-0.3, -0.25) is 4.90 Å². The van der Waals surface area contributed by atoms with Crippen LogP contribution in [-0.4, -0.2) is 57.4 Å². The van der Waals surface area contributed by atoms with E-state index in [9.17, 15) is 0 Å². The number of hydrogen-bond acceptors (Lipinski definition) is 4. The number of methoxy groups -OCH3 is 1. The van der Waals surface area contributed by atoms with Crippen molar-refractivity contribution in [2.75, 3.05) is 46.5 Å². The molecule has 1 saturated heterocycles. The zero-order valence-corrected chi connectivity index (χ0v) is 13.1. The van der Waals surface area contributed by atoms with E-state index in [1.165, 1.54) is 25.8 Å². The topological polar surface area (TPSA) is 33.7 Å². The van der Waals surface area contributed by atoms with Gasteiger partial charge in [0.25, 0.3) is 0 Å². The van der Waals surface area contributed by atoms with Gasteiger partial charge in [0.2, 0.25) is 0 Å². The molecule has 4 nitrogen and oxygen atoms in total. The van der Waals surface area contributed by atoms with Crippen LogP contribution in [0.1, 0.15) is 19.3 Å². The molecule has 0 amide bonds. The Morgan fingerprint density at radius 1 is 1.19 bits per heavy atom. The highest BCUT2D eigenvalue weighted by Crippen LogP contribution is 2.16. The molecule has 21 heavy (non-hydrogen) atoms. The molecule has 1 aliphatic rings. The fourth-order valence-electron chi connectivity index (χ4n) is 2.83. The van der Waals surface area contributed by atoms with E-state index in [4.69, 9.17) is 9.47 Å². The molecule has 0 spiro atoms. The van der Waals surface area contributed by atoms with Crippen LogP contribution < -0.4 is 10.1 Å². The molecule has 2 rings (SSSR count). The summed E-state index contributed by atoms with van der Waals surface area (Å²) in [6, 6.07) is 10.7. The first-order valence-corrected chi connectivity index (χ1v) is 8.01. The molecule has 0 radical (unpaired) electrons. The molecule has 1 aromatic rings. The molecule has 0 aliphatic carbocycles. The maximum atomic E-state index is 5.82. The number of hydrogen-bond donors (Lipinski definition) is 1. The number of benzene rings is 1. The monoisotopic (exact) mass is 292 g/mol. The van der Waals surface area contributed by atoms with Gasteiger partial charge in [-0.1, -0.05) is 24.6 Å². The second-order valence-corrected chi connectivity index (χ2v) is 5.54. The van der Waals surface area contributed by atoms with Crippen LogP contribution in [0.4, 0.5) is 0 Å². The summed E-state index contributed by atoms with van der Waals surface area (Å²) in [4.78, 5) is 2.56. The lowest BCUT2D eigenvalue weighted by Gasteiger charge is -2.35. The lowest BCUT2D eigenvalue weighted by molar-refractivity contribution is 0.119. The number of piperidine rings is 1. The van der Waals surface area contributed by atoms with Crippen molar-refractivity contribution in [3.05, 3.63) is 30.3 Å². The van der Waals surface area contributed by atoms with Crippen molar-refractivity contribution in [1.82, 2.24) is 10.2 Å². The molecular formula is C17H28N2O2. The SMILES string of the molecule is COCCNCC1CCCCN1CCOc1ccccc1. The van der Waals surface area contributed by atoms with E-state index in [0.29, 0.717) is 6.04 Å². The minimum Gasteiger partial charge on any atom is -0.492 e. The van der Waals surface area contributed by atoms with Crippen molar-refractivity contribution in [2.45, 2.75) is 25.3 Å². The fourth-order valence-corrected chi connectivity index (χ4v) is 2.83. The van der Waals surface area contributed by atoms with Gasteiger partial charge in [-0.15, -0.1) is 0 Å². The van der Waals surface area contributed by atoms with Crippen molar-refractivity contribution in [2.24, 2.45) is 0 Å². The predicted molar refractivity (Wildman–Crippen MR) is 85.9 cm³/mol. The molecule has 1 atom stereocenters. The van der Waals surface area contributed by atoms with Crippen LogP contribution in [-0.2, 0) is 4.74 Å². The largest absolute Gasteiger partial charge is 0.492 e. The summed E-state index contributed by atoms with van der Waals surface area (Å²) in [5.41, 5.74) is 0. The average molecular weight is 292 g/mol. The van der Waals surface area contributed by atoms with E-state index < -0.39 is 0 Å². The van der Waals surface area contributed by atoms with Gasteiger partial charge in [-0.2, -0.15) is 0 Å². The standard InChI is InChI=1S/C17H28N2O2/c1-20-13-10-18-15-16-7-5-6-11-19(16)12-14-21-17-8-3-2-4-9-17/h2-4,8-9,16,18H,5-7,10-15H2,1H3. The Hall–Kier alpha value is -1.10. The molecule has 0 saturated carbocycles. The minimum absolute atomic E-state index is 0.634. The van der Waals surface area contributed by atoms with Crippen molar-refractivity contribution in [1.29, 1.82) is 0 Å². The Morgan fingerprint density at radius 3 is 2.86 bits per heavy atom. The number of nitrogens with one attached hydrogen (secondary N) is 1. The Labute approximate surface area is 128 Å². The van der Waals surface area contributed by atoms with Crippen LogP contribution in [0.5, 0.6) is 5.75 Å². The highest BCUT2D eigenvalue weighted by molar-refractivity contribution is 5.20. The average Bonchev–Trinajstić information content (AvgIpc) is 2.54. The normalized spacial score (nSPS) is 19.6. The van der Waals surface area contributed by atoms with E-state index in [1.54, 1.807) is 7.11 Å². The Balaban J connectivity index is 1.68. The molecule has 1 aliphatic heterocycles. The van der Waals surface area contributed by atoms with Crippen LogP contribution in [0.25, 0.3) is 0 Å². The van der Waals surface area contributed by atoms with Crippen LogP contribution in [0.2, 0.25) is 0 Å². The predicted octanol–water partition coefficient (Wildman–Crippen LogP) is 2.16. The first kappa shape index (κ1) is 16.3. The van der Waals surface area contributed by atoms with Gasteiger partial charge in [0.15, 0.2) is 0 Å². The molecule has 1 unspecified atom stereocenters. The zero-order valence-electron chi connectivity index (χ0n) is 13.1. The number of rotatable bonds is 9. The van der Waals surface area contributed by atoms with E-state index in [2.05, 4.69) is 10.2 Å². The first-order chi connectivity index (χ1) is 10.4. The fraction of sp³-hybridized carbons (Fsp3) is 0.647. The summed E-state index contributed by atoms with van der Waals surface area (Å²) in [7, 11) is 1.75. The summed E-state index contributed by atoms with van der Waals surface area (Å²) in [6.45, 7) is 5.72. The third kappa shape index (κ3) is 6.04. The summed E-state index contributed by atoms with van der Waals surface area (Å²) in [5, 5.41) is 3.49. The minimum atomic E-state index is 0.634. The Kier molecular flexibility index (Phi) is 7.57. The highest BCUT2D eigenvalue weighted by atomic mass is 16.5. The smallest absolute Gasteiger partial charge is 0.119 e. The lowest BCUT2D eigenvalue weighted by Crippen LogP contribution is -2.47. The van der Waals surface area contributed by atoms with E-state index in [1.807, 2.05) is 30.3 Å². The summed E-state index contributed by atoms with van der Waals surface area (Å²) in [5.74, 6) is 0.962. The molecule has 118 valence electrons. The molecule has 1 fully saturated rings. The quantitative estimate of drug-likeness (QED) is 0.707. The number of likely N-dealkylation sites (tertiary alicyclic amines) is 1. The summed E-state index contributed by atoms with van der Waals surface area (Å²) >= 11 is 0. The van der Waals surface area contributed by atoms with Crippen molar-refractivity contribution in [3.63, 3.8) is 0 Å². The lowest BCUT2D eigenvalue weighted by atomic mass is 10.0. The maximum absolute atomic E-state index is 5.82. The third-order valence-electron chi connectivity index (χ3n) is 4.00. The molecule has 0 bridgehead atoms. The van der Waals surface area contributed by atoms with E-state index >= 15 is 0 Å². The molecule has 0 aromatic heterocycles. The van der Waals surface area contributed by atoms with Crippen molar-refractivity contribution < 1.29 is 9.47 Å². The van der Waals surface area contributed by atoms with Gasteiger partial charge in [-0.05, 0) is 31.5 Å². The van der Waals surface area contributed by atoms with Gasteiger partial charge in [0, 0.05) is 32.8 Å². The third-order valence-corrected chi connectivity index (χ3v) is 4.00. The van der Waals surface area contributed by atoms with Crippen molar-refractivity contribution in [3.8, 4) is 5.75 Å². The summed E-state index contributed by atoms with van der Waals surface area (Å²) in [6.07, 6.45) is 3.93. The number of para-hydroxylation sites is 1. The van der Waals surface area contributed by atoms with E-state index in [-0.39, 0.29) is 0 Å². The van der Waals surface area contributed by atoms with Gasteiger partial charge in [0.1, 0.15) is 12.4 Å². The number of nitrogens with zero attached hydrogens (tertiary/aromatic N) is 1. The number of ether oxygens (including phenoxy) is 2. The maximum Gasteiger partial charge on any atom is 0.119 e. The molecular weight excluding hydrogens is 264 g/mol. The van der Waals surface area contributed by atoms with Crippen LogP contribution in [0.3, 0.4) is 0 Å². The van der Waals surface area contributed by atoms with Crippen LogP contribution in [0, 0.1) is 0 Å². The Morgan fingerprint density at radius 2 is 2.05 bits per heavy atom. The van der Waals surface area contributed by atoms with Gasteiger partial charge in [0.05, 0.1) is 6.61 Å². The molecule has 1 aromatic carbocycles. The van der Waals surface area contributed by atoms with E-state index in [0.717, 1.165) is 38.6 Å². The van der Waals surface area contributed by atoms with Crippen molar-refractivity contribution >= 4 is 0 Å². The summed E-state index contributed by atoms with van der Waals surface area (Å²) < 4.78 is 10.9. The molecule has 4 heteroatoms. The molecule has 1 N–H and O–H groups in total. The van der Waals surface area contributed by atoms with Crippen LogP contribution >= 0.6 is 0 Å². The van der Waals surface area contributed by atoms with Crippen LogP contribution in [0.15, 0.2) is 30.3 Å². The highest BCUT2D eigenvalue weighted by Gasteiger charge is 2.21.